The molecule has 20 heavy (non-hydrogen) atoms. The minimum absolute atomic E-state index is 0.153. The molecule has 1 atom stereocenters. The van der Waals surface area contributed by atoms with Gasteiger partial charge in [-0.25, -0.2) is 0 Å². The van der Waals surface area contributed by atoms with Crippen molar-refractivity contribution in [2.45, 2.75) is 19.9 Å². The van der Waals surface area contributed by atoms with Crippen LogP contribution in [0.2, 0.25) is 0 Å². The number of rotatable bonds is 5. The summed E-state index contributed by atoms with van der Waals surface area (Å²) in [5, 5.41) is 3.37. The Morgan fingerprint density at radius 3 is 2.75 bits per heavy atom. The van der Waals surface area contributed by atoms with Gasteiger partial charge in [0.2, 0.25) is 0 Å². The van der Waals surface area contributed by atoms with Crippen molar-refractivity contribution < 1.29 is 4.79 Å². The summed E-state index contributed by atoms with van der Waals surface area (Å²) >= 11 is 0. The second-order valence-electron chi connectivity index (χ2n) is 5.21. The lowest BCUT2D eigenvalue weighted by atomic mass is 10.1. The van der Waals surface area contributed by atoms with E-state index in [0.29, 0.717) is 0 Å². The van der Waals surface area contributed by atoms with E-state index in [-0.39, 0.29) is 5.91 Å². The molecule has 1 saturated heterocycles. The highest BCUT2D eigenvalue weighted by Gasteiger charge is 2.20. The van der Waals surface area contributed by atoms with Gasteiger partial charge >= 0.3 is 0 Å². The first-order valence-corrected chi connectivity index (χ1v) is 7.81. The summed E-state index contributed by atoms with van der Waals surface area (Å²) in [5.41, 5.74) is 1.98. The molecule has 1 fully saturated rings. The minimum Gasteiger partial charge on any atom is -0.336 e. The average Bonchev–Trinajstić information content (AvgIpc) is 2.48. The number of carbonyl (C=O) groups excluding carboxylic acids is 1. The van der Waals surface area contributed by atoms with Crippen molar-refractivity contribution in [1.82, 2.24) is 14.9 Å². The van der Waals surface area contributed by atoms with Crippen LogP contribution in [-0.2, 0) is 6.54 Å². The molecule has 1 aliphatic rings. The van der Waals surface area contributed by atoms with E-state index in [0.717, 1.165) is 51.3 Å². The van der Waals surface area contributed by atoms with Gasteiger partial charge in [-0.15, -0.1) is 0 Å². The van der Waals surface area contributed by atoms with Crippen LogP contribution in [0.4, 0.5) is 0 Å². The summed E-state index contributed by atoms with van der Waals surface area (Å²) < 4.78 is 2.18. The van der Waals surface area contributed by atoms with E-state index >= 15 is 0 Å². The zero-order chi connectivity index (χ0) is 14.4. The molecule has 0 aromatic heterocycles. The number of hydrogen-bond donors (Lipinski definition) is 1. The van der Waals surface area contributed by atoms with E-state index in [1.807, 2.05) is 23.1 Å². The van der Waals surface area contributed by atoms with Crippen LogP contribution in [-0.4, -0.2) is 48.2 Å². The Kier molecular flexibility index (Phi) is 5.96. The second-order valence-corrected chi connectivity index (χ2v) is 5.94. The minimum atomic E-state index is 0.153. The predicted molar refractivity (Wildman–Crippen MR) is 85.6 cm³/mol. The van der Waals surface area contributed by atoms with Crippen molar-refractivity contribution in [1.29, 1.82) is 0 Å². The van der Waals surface area contributed by atoms with Gasteiger partial charge in [0.05, 0.1) is 0 Å². The van der Waals surface area contributed by atoms with Gasteiger partial charge in [-0.2, -0.15) is 0 Å². The maximum Gasteiger partial charge on any atom is 0.253 e. The molecular formula is C15H24N3OP. The molecule has 110 valence electrons. The smallest absolute Gasteiger partial charge is 0.253 e. The highest BCUT2D eigenvalue weighted by atomic mass is 31.0. The molecule has 0 radical (unpaired) electrons. The Balaban J connectivity index is 1.97. The molecular weight excluding hydrogens is 269 g/mol. The molecule has 1 heterocycles. The maximum absolute atomic E-state index is 12.5. The van der Waals surface area contributed by atoms with Crippen LogP contribution < -0.4 is 5.32 Å². The zero-order valence-corrected chi connectivity index (χ0v) is 13.3. The number of benzene rings is 1. The topological polar surface area (TPSA) is 35.6 Å². The molecule has 1 unspecified atom stereocenters. The van der Waals surface area contributed by atoms with Gasteiger partial charge in [-0.1, -0.05) is 28.4 Å². The van der Waals surface area contributed by atoms with Crippen LogP contribution in [0.5, 0.6) is 0 Å². The highest BCUT2D eigenvalue weighted by molar-refractivity contribution is 7.13. The monoisotopic (exact) mass is 293 g/mol. The third-order valence-electron chi connectivity index (χ3n) is 3.53. The van der Waals surface area contributed by atoms with Crippen molar-refractivity contribution >= 4 is 15.3 Å². The SMILES string of the molecule is CCCNCc1cccc(C(=O)N2CCN(P)CC2)c1. The Morgan fingerprint density at radius 1 is 1.30 bits per heavy atom. The quantitative estimate of drug-likeness (QED) is 0.663. The third kappa shape index (κ3) is 4.27. The van der Waals surface area contributed by atoms with Crippen molar-refractivity contribution in [2.75, 3.05) is 32.7 Å². The summed E-state index contributed by atoms with van der Waals surface area (Å²) in [4.78, 5) is 14.4. The molecule has 4 nitrogen and oxygen atoms in total. The number of carbonyl (C=O) groups is 1. The van der Waals surface area contributed by atoms with Gasteiger partial charge in [0.25, 0.3) is 5.91 Å². The van der Waals surface area contributed by atoms with Gasteiger partial charge in [0.15, 0.2) is 0 Å². The van der Waals surface area contributed by atoms with E-state index < -0.39 is 0 Å². The van der Waals surface area contributed by atoms with Crippen LogP contribution in [0.3, 0.4) is 0 Å². The van der Waals surface area contributed by atoms with Gasteiger partial charge in [0, 0.05) is 38.3 Å². The molecule has 1 amide bonds. The molecule has 0 aliphatic carbocycles. The van der Waals surface area contributed by atoms with Crippen LogP contribution in [0.15, 0.2) is 24.3 Å². The molecule has 0 bridgehead atoms. The van der Waals surface area contributed by atoms with Gasteiger partial charge in [0.1, 0.15) is 0 Å². The number of hydrogen-bond acceptors (Lipinski definition) is 3. The predicted octanol–water partition coefficient (Wildman–Crippen LogP) is 1.73. The molecule has 5 heteroatoms. The lowest BCUT2D eigenvalue weighted by Gasteiger charge is -2.32. The van der Waals surface area contributed by atoms with E-state index in [1.54, 1.807) is 0 Å². The summed E-state index contributed by atoms with van der Waals surface area (Å²) in [7, 11) is 2.70. The van der Waals surface area contributed by atoms with Gasteiger partial charge < -0.3 is 10.2 Å². The third-order valence-corrected chi connectivity index (χ3v) is 4.05. The zero-order valence-electron chi connectivity index (χ0n) is 12.1. The largest absolute Gasteiger partial charge is 0.336 e. The molecule has 2 rings (SSSR count). The second kappa shape index (κ2) is 7.72. The van der Waals surface area contributed by atoms with Crippen molar-refractivity contribution in [3.8, 4) is 0 Å². The van der Waals surface area contributed by atoms with Gasteiger partial charge in [-0.05, 0) is 30.7 Å². The fourth-order valence-electron chi connectivity index (χ4n) is 2.33. The molecule has 1 aliphatic heterocycles. The average molecular weight is 293 g/mol. The van der Waals surface area contributed by atoms with Crippen molar-refractivity contribution in [3.05, 3.63) is 35.4 Å². The lowest BCUT2D eigenvalue weighted by Crippen LogP contribution is -2.45. The van der Waals surface area contributed by atoms with Crippen molar-refractivity contribution in [2.24, 2.45) is 0 Å². The molecule has 0 saturated carbocycles. The fourth-order valence-corrected chi connectivity index (χ4v) is 2.56. The van der Waals surface area contributed by atoms with Crippen LogP contribution in [0.1, 0.15) is 29.3 Å². The normalized spacial score (nSPS) is 16.4. The molecule has 1 aromatic carbocycles. The summed E-state index contributed by atoms with van der Waals surface area (Å²) in [6, 6.07) is 7.97. The Bertz CT molecular complexity index is 444. The van der Waals surface area contributed by atoms with E-state index in [1.165, 1.54) is 5.56 Å². The number of nitrogens with one attached hydrogen (secondary N) is 1. The maximum atomic E-state index is 12.5. The Labute approximate surface area is 123 Å². The van der Waals surface area contributed by atoms with E-state index in [9.17, 15) is 4.79 Å². The number of amides is 1. The summed E-state index contributed by atoms with van der Waals surface area (Å²) in [6.45, 7) is 7.45. The lowest BCUT2D eigenvalue weighted by molar-refractivity contribution is 0.0703. The molecule has 0 spiro atoms. The first kappa shape index (κ1) is 15.4. The highest BCUT2D eigenvalue weighted by Crippen LogP contribution is 2.12. The van der Waals surface area contributed by atoms with Crippen molar-refractivity contribution in [3.63, 3.8) is 0 Å². The standard InChI is InChI=1S/C15H24N3OP/c1-2-6-16-12-13-4-3-5-14(11-13)15(19)17-7-9-18(20)10-8-17/h3-5,11,16H,2,6-10,12,20H2,1H3. The number of piperazine rings is 1. The van der Waals surface area contributed by atoms with Gasteiger partial charge in [-0.3, -0.25) is 9.46 Å². The summed E-state index contributed by atoms with van der Waals surface area (Å²) in [6.07, 6.45) is 1.12. The number of nitrogens with zero attached hydrogens (tertiary/aromatic N) is 2. The molecule has 1 aromatic rings. The van der Waals surface area contributed by atoms with E-state index in [2.05, 4.69) is 32.4 Å². The summed E-state index contributed by atoms with van der Waals surface area (Å²) in [5.74, 6) is 0.153. The van der Waals surface area contributed by atoms with Crippen LogP contribution in [0.25, 0.3) is 0 Å². The fraction of sp³-hybridized carbons (Fsp3) is 0.533. The van der Waals surface area contributed by atoms with Crippen LogP contribution >= 0.6 is 9.39 Å². The first-order chi connectivity index (χ1) is 9.70. The Morgan fingerprint density at radius 2 is 2.05 bits per heavy atom. The Hall–Kier alpha value is -0.960. The van der Waals surface area contributed by atoms with E-state index in [4.69, 9.17) is 0 Å². The first-order valence-electron chi connectivity index (χ1n) is 7.29. The molecule has 1 N–H and O–H groups in total. The van der Waals surface area contributed by atoms with Crippen LogP contribution in [0, 0.1) is 0 Å².